The Morgan fingerprint density at radius 2 is 2.09 bits per heavy atom. The third-order valence-corrected chi connectivity index (χ3v) is 4.39. The Bertz CT molecular complexity index is 734. The van der Waals surface area contributed by atoms with E-state index in [9.17, 15) is 9.59 Å². The van der Waals surface area contributed by atoms with Crippen LogP contribution in [0.4, 0.5) is 0 Å². The molecule has 1 heterocycles. The number of carboxylic acid groups (broad SMARTS) is 1. The Kier molecular flexibility index (Phi) is 4.14. The summed E-state index contributed by atoms with van der Waals surface area (Å²) in [4.78, 5) is 23.2. The minimum absolute atomic E-state index is 0.0313. The van der Waals surface area contributed by atoms with Crippen molar-refractivity contribution in [2.45, 2.75) is 25.8 Å². The molecule has 1 aliphatic rings. The lowest BCUT2D eigenvalue weighted by Crippen LogP contribution is -2.34. The van der Waals surface area contributed by atoms with E-state index < -0.39 is 5.97 Å². The summed E-state index contributed by atoms with van der Waals surface area (Å²) in [6.07, 6.45) is 4.32. The van der Waals surface area contributed by atoms with E-state index in [-0.39, 0.29) is 17.4 Å². The van der Waals surface area contributed by atoms with E-state index in [0.29, 0.717) is 6.54 Å². The lowest BCUT2D eigenvalue weighted by molar-refractivity contribution is -0.125. The first-order valence-electron chi connectivity index (χ1n) is 7.64. The molecular formula is C17H19N3O3. The number of amides is 1. The second kappa shape index (κ2) is 6.24. The fourth-order valence-corrected chi connectivity index (χ4v) is 2.97. The predicted octanol–water partition coefficient (Wildman–Crippen LogP) is 1.54. The molecule has 0 spiro atoms. The van der Waals surface area contributed by atoms with Crippen molar-refractivity contribution in [3.8, 4) is 0 Å². The van der Waals surface area contributed by atoms with Crippen molar-refractivity contribution in [3.05, 3.63) is 52.8 Å². The van der Waals surface area contributed by atoms with Crippen LogP contribution >= 0.6 is 0 Å². The minimum Gasteiger partial charge on any atom is -0.478 e. The zero-order chi connectivity index (χ0) is 16.4. The Hall–Kier alpha value is -2.63. The SMILES string of the molecule is Cn1ncc2c1CC(C(=O)NCc1ccc(C(=O)O)cc1)CC2. The van der Waals surface area contributed by atoms with Crippen molar-refractivity contribution < 1.29 is 14.7 Å². The molecule has 1 amide bonds. The zero-order valence-electron chi connectivity index (χ0n) is 13.0. The molecule has 3 rings (SSSR count). The van der Waals surface area contributed by atoms with Gasteiger partial charge in [0, 0.05) is 31.6 Å². The van der Waals surface area contributed by atoms with Gasteiger partial charge in [0.05, 0.1) is 11.8 Å². The summed E-state index contributed by atoms with van der Waals surface area (Å²) in [5.74, 6) is -0.940. The largest absolute Gasteiger partial charge is 0.478 e. The molecule has 120 valence electrons. The summed E-state index contributed by atoms with van der Waals surface area (Å²) < 4.78 is 1.85. The lowest BCUT2D eigenvalue weighted by Gasteiger charge is -2.22. The number of benzene rings is 1. The Balaban J connectivity index is 1.58. The van der Waals surface area contributed by atoms with Gasteiger partial charge in [0.1, 0.15) is 0 Å². The second-order valence-corrected chi connectivity index (χ2v) is 5.90. The summed E-state index contributed by atoms with van der Waals surface area (Å²) in [7, 11) is 1.91. The van der Waals surface area contributed by atoms with Crippen LogP contribution in [-0.2, 0) is 31.2 Å². The van der Waals surface area contributed by atoms with Gasteiger partial charge in [-0.2, -0.15) is 5.10 Å². The average Bonchev–Trinajstić information content (AvgIpc) is 2.93. The van der Waals surface area contributed by atoms with Gasteiger partial charge in [-0.3, -0.25) is 9.48 Å². The maximum Gasteiger partial charge on any atom is 0.335 e. The van der Waals surface area contributed by atoms with Crippen molar-refractivity contribution in [1.29, 1.82) is 0 Å². The van der Waals surface area contributed by atoms with E-state index in [1.165, 1.54) is 5.56 Å². The monoisotopic (exact) mass is 313 g/mol. The van der Waals surface area contributed by atoms with Crippen molar-refractivity contribution in [2.24, 2.45) is 13.0 Å². The van der Waals surface area contributed by atoms with E-state index in [0.717, 1.165) is 30.5 Å². The number of fused-ring (bicyclic) bond motifs is 1. The van der Waals surface area contributed by atoms with Gasteiger partial charge in [-0.25, -0.2) is 4.79 Å². The number of aromatic nitrogens is 2. The highest BCUT2D eigenvalue weighted by atomic mass is 16.4. The minimum atomic E-state index is -0.949. The van der Waals surface area contributed by atoms with Gasteiger partial charge in [-0.05, 0) is 36.1 Å². The quantitative estimate of drug-likeness (QED) is 0.897. The standard InChI is InChI=1S/C17H19N3O3/c1-20-15-8-13(6-7-14(15)10-19-20)16(21)18-9-11-2-4-12(5-3-11)17(22)23/h2-5,10,13H,6-9H2,1H3,(H,18,21)(H,22,23). The Morgan fingerprint density at radius 3 is 2.78 bits per heavy atom. The zero-order valence-corrected chi connectivity index (χ0v) is 13.0. The van der Waals surface area contributed by atoms with Crippen LogP contribution in [0.15, 0.2) is 30.5 Å². The Labute approximate surface area is 134 Å². The molecule has 1 atom stereocenters. The maximum absolute atomic E-state index is 12.4. The fraction of sp³-hybridized carbons (Fsp3) is 0.353. The van der Waals surface area contributed by atoms with E-state index in [2.05, 4.69) is 10.4 Å². The summed E-state index contributed by atoms with van der Waals surface area (Å²) in [6.45, 7) is 0.410. The predicted molar refractivity (Wildman–Crippen MR) is 84.0 cm³/mol. The molecule has 0 bridgehead atoms. The molecule has 1 aliphatic carbocycles. The lowest BCUT2D eigenvalue weighted by atomic mass is 9.87. The van der Waals surface area contributed by atoms with Gasteiger partial charge in [0.25, 0.3) is 0 Å². The molecule has 6 nitrogen and oxygen atoms in total. The van der Waals surface area contributed by atoms with E-state index in [4.69, 9.17) is 5.11 Å². The van der Waals surface area contributed by atoms with Crippen molar-refractivity contribution >= 4 is 11.9 Å². The van der Waals surface area contributed by atoms with Crippen LogP contribution in [0.25, 0.3) is 0 Å². The van der Waals surface area contributed by atoms with Gasteiger partial charge in [-0.15, -0.1) is 0 Å². The number of hydrogen-bond acceptors (Lipinski definition) is 3. The number of rotatable bonds is 4. The maximum atomic E-state index is 12.4. The molecule has 6 heteroatoms. The van der Waals surface area contributed by atoms with Crippen LogP contribution in [0.2, 0.25) is 0 Å². The van der Waals surface area contributed by atoms with Gasteiger partial charge < -0.3 is 10.4 Å². The van der Waals surface area contributed by atoms with Crippen molar-refractivity contribution in [1.82, 2.24) is 15.1 Å². The van der Waals surface area contributed by atoms with Crippen LogP contribution in [-0.4, -0.2) is 26.8 Å². The van der Waals surface area contributed by atoms with E-state index in [1.807, 2.05) is 17.9 Å². The van der Waals surface area contributed by atoms with Crippen LogP contribution in [0.3, 0.4) is 0 Å². The number of aromatic carboxylic acids is 1. The molecule has 0 fully saturated rings. The third kappa shape index (κ3) is 3.26. The molecule has 1 unspecified atom stereocenters. The third-order valence-electron chi connectivity index (χ3n) is 4.39. The number of carbonyl (C=O) groups excluding carboxylic acids is 1. The first-order chi connectivity index (χ1) is 11.0. The first kappa shape index (κ1) is 15.3. The molecule has 2 aromatic rings. The molecule has 23 heavy (non-hydrogen) atoms. The van der Waals surface area contributed by atoms with Gasteiger partial charge in [-0.1, -0.05) is 12.1 Å². The summed E-state index contributed by atoms with van der Waals surface area (Å²) in [6, 6.07) is 6.55. The number of nitrogens with zero attached hydrogens (tertiary/aromatic N) is 2. The van der Waals surface area contributed by atoms with Gasteiger partial charge in [0.2, 0.25) is 5.91 Å². The summed E-state index contributed by atoms with van der Waals surface area (Å²) >= 11 is 0. The van der Waals surface area contributed by atoms with Crippen LogP contribution < -0.4 is 5.32 Å². The smallest absolute Gasteiger partial charge is 0.335 e. The molecule has 0 saturated carbocycles. The first-order valence-corrected chi connectivity index (χ1v) is 7.64. The normalized spacial score (nSPS) is 16.7. The molecule has 1 aromatic heterocycles. The highest BCUT2D eigenvalue weighted by Gasteiger charge is 2.26. The van der Waals surface area contributed by atoms with Gasteiger partial charge in [0.15, 0.2) is 0 Å². The van der Waals surface area contributed by atoms with Crippen molar-refractivity contribution in [3.63, 3.8) is 0 Å². The molecule has 2 N–H and O–H groups in total. The van der Waals surface area contributed by atoms with E-state index >= 15 is 0 Å². The topological polar surface area (TPSA) is 84.2 Å². The molecular weight excluding hydrogens is 294 g/mol. The number of aryl methyl sites for hydroxylation is 2. The van der Waals surface area contributed by atoms with E-state index in [1.54, 1.807) is 24.3 Å². The molecule has 0 radical (unpaired) electrons. The highest BCUT2D eigenvalue weighted by molar-refractivity contribution is 5.87. The number of carbonyl (C=O) groups is 2. The number of nitrogens with one attached hydrogen (secondary N) is 1. The second-order valence-electron chi connectivity index (χ2n) is 5.90. The van der Waals surface area contributed by atoms with Crippen molar-refractivity contribution in [2.75, 3.05) is 0 Å². The van der Waals surface area contributed by atoms with Crippen LogP contribution in [0.1, 0.15) is 33.6 Å². The number of carboxylic acids is 1. The van der Waals surface area contributed by atoms with Crippen LogP contribution in [0, 0.1) is 5.92 Å². The molecule has 0 aliphatic heterocycles. The average molecular weight is 313 g/mol. The molecule has 1 aromatic carbocycles. The number of hydrogen-bond donors (Lipinski definition) is 2. The highest BCUT2D eigenvalue weighted by Crippen LogP contribution is 2.25. The summed E-state index contributed by atoms with van der Waals surface area (Å²) in [5, 5.41) is 16.1. The summed E-state index contributed by atoms with van der Waals surface area (Å²) in [5.41, 5.74) is 3.51. The van der Waals surface area contributed by atoms with Crippen LogP contribution in [0.5, 0.6) is 0 Å². The molecule has 0 saturated heterocycles. The van der Waals surface area contributed by atoms with Gasteiger partial charge >= 0.3 is 5.97 Å². The Morgan fingerprint density at radius 1 is 1.35 bits per heavy atom. The fourth-order valence-electron chi connectivity index (χ4n) is 2.97.